The van der Waals surface area contributed by atoms with Crippen molar-refractivity contribution in [1.82, 2.24) is 5.32 Å². The quantitative estimate of drug-likeness (QED) is 0.525. The van der Waals surface area contributed by atoms with Gasteiger partial charge >= 0.3 is 12.4 Å². The minimum atomic E-state index is -4.97. The van der Waals surface area contributed by atoms with E-state index < -0.39 is 36.0 Å². The number of nitrogens with one attached hydrogen (secondary N) is 2. The van der Waals surface area contributed by atoms with Gasteiger partial charge in [0.25, 0.3) is 5.91 Å². The highest BCUT2D eigenvalue weighted by Gasteiger charge is 2.33. The summed E-state index contributed by atoms with van der Waals surface area (Å²) in [6.07, 6.45) is -6.48. The molecule has 0 spiro atoms. The summed E-state index contributed by atoms with van der Waals surface area (Å²) in [4.78, 5) is 31.4. The number of likely N-dealkylation sites (N-methyl/N-ethyl adjacent to an activating group) is 1. The number of urea groups is 1. The number of halogens is 4. The first kappa shape index (κ1) is 23.7. The second-order valence-corrected chi connectivity index (χ2v) is 7.42. The van der Waals surface area contributed by atoms with E-state index in [2.05, 4.69) is 20.4 Å². The predicted molar refractivity (Wildman–Crippen MR) is 121 cm³/mol. The Hall–Kier alpha value is -4.41. The molecule has 3 aromatic carbocycles. The van der Waals surface area contributed by atoms with Gasteiger partial charge in [-0.25, -0.2) is 14.2 Å². The van der Waals surface area contributed by atoms with Crippen LogP contribution in [0.5, 0.6) is 5.75 Å². The molecule has 1 atom stereocenters. The van der Waals surface area contributed by atoms with Crippen molar-refractivity contribution in [3.8, 4) is 5.75 Å². The number of para-hydroxylation sites is 3. The van der Waals surface area contributed by atoms with Crippen LogP contribution < -0.4 is 20.3 Å². The lowest BCUT2D eigenvalue weighted by Gasteiger charge is -2.21. The molecule has 11 heteroatoms. The van der Waals surface area contributed by atoms with E-state index >= 15 is 0 Å². The fourth-order valence-corrected chi connectivity index (χ4v) is 3.55. The van der Waals surface area contributed by atoms with E-state index in [1.54, 1.807) is 30.3 Å². The van der Waals surface area contributed by atoms with Crippen molar-refractivity contribution >= 4 is 29.0 Å². The number of carbonyl (C=O) groups excluding carboxylic acids is 2. The molecule has 35 heavy (non-hydrogen) atoms. The maximum Gasteiger partial charge on any atom is 0.573 e. The molecule has 4 rings (SSSR count). The number of alkyl halides is 3. The zero-order chi connectivity index (χ0) is 25.2. The molecule has 0 radical (unpaired) electrons. The highest BCUT2D eigenvalue weighted by atomic mass is 19.4. The number of aliphatic imine (C=N–C) groups is 1. The van der Waals surface area contributed by atoms with E-state index in [-0.39, 0.29) is 17.0 Å². The smallest absolute Gasteiger partial charge is 0.404 e. The molecule has 0 fully saturated rings. The topological polar surface area (TPSA) is 83.0 Å². The van der Waals surface area contributed by atoms with Gasteiger partial charge in [-0.15, -0.1) is 13.2 Å². The van der Waals surface area contributed by atoms with Crippen molar-refractivity contribution in [2.75, 3.05) is 17.3 Å². The van der Waals surface area contributed by atoms with Crippen LogP contribution in [0.4, 0.5) is 33.7 Å². The van der Waals surface area contributed by atoms with Crippen LogP contribution in [0, 0.1) is 5.82 Å². The highest BCUT2D eigenvalue weighted by molar-refractivity contribution is 6.20. The molecule has 1 aliphatic rings. The molecule has 0 aromatic heterocycles. The van der Waals surface area contributed by atoms with Crippen LogP contribution in [-0.2, 0) is 4.79 Å². The predicted octanol–water partition coefficient (Wildman–Crippen LogP) is 4.69. The van der Waals surface area contributed by atoms with E-state index in [4.69, 9.17) is 0 Å². The number of rotatable bonds is 4. The first-order chi connectivity index (χ1) is 16.6. The van der Waals surface area contributed by atoms with Gasteiger partial charge in [-0.1, -0.05) is 42.5 Å². The van der Waals surface area contributed by atoms with Crippen LogP contribution in [0.2, 0.25) is 0 Å². The van der Waals surface area contributed by atoms with Gasteiger partial charge in [-0.05, 0) is 30.3 Å². The Balaban J connectivity index is 1.67. The number of fused-ring (bicyclic) bond motifs is 1. The van der Waals surface area contributed by atoms with Gasteiger partial charge in [0.1, 0.15) is 5.82 Å². The molecule has 0 saturated heterocycles. The Labute approximate surface area is 197 Å². The SMILES string of the molecule is CN1C(=O)C(NC(=O)Nc2ccccc2OC(F)(F)F)N=C(c2ccccc2F)c2ccccc21. The monoisotopic (exact) mass is 486 g/mol. The van der Waals surface area contributed by atoms with Gasteiger partial charge in [0.15, 0.2) is 5.75 Å². The number of anilines is 2. The van der Waals surface area contributed by atoms with Crippen molar-refractivity contribution in [2.24, 2.45) is 4.99 Å². The molecule has 3 aromatic rings. The van der Waals surface area contributed by atoms with Crippen LogP contribution in [0.3, 0.4) is 0 Å². The Bertz CT molecular complexity index is 1310. The van der Waals surface area contributed by atoms with Crippen molar-refractivity contribution in [1.29, 1.82) is 0 Å². The average Bonchev–Trinajstić information content (AvgIpc) is 2.91. The van der Waals surface area contributed by atoms with E-state index in [0.29, 0.717) is 11.3 Å². The number of hydrogen-bond acceptors (Lipinski definition) is 4. The molecule has 7 nitrogen and oxygen atoms in total. The Morgan fingerprint density at radius 1 is 0.971 bits per heavy atom. The molecule has 2 N–H and O–H groups in total. The summed E-state index contributed by atoms with van der Waals surface area (Å²) in [5.74, 6) is -1.86. The summed E-state index contributed by atoms with van der Waals surface area (Å²) in [5, 5.41) is 4.58. The molecule has 1 unspecified atom stereocenters. The van der Waals surface area contributed by atoms with Gasteiger partial charge in [-0.2, -0.15) is 0 Å². The van der Waals surface area contributed by atoms with Crippen LogP contribution in [0.25, 0.3) is 0 Å². The summed E-state index contributed by atoms with van der Waals surface area (Å²) in [6.45, 7) is 0. The average molecular weight is 486 g/mol. The van der Waals surface area contributed by atoms with Gasteiger partial charge in [0.2, 0.25) is 6.17 Å². The maximum absolute atomic E-state index is 14.7. The summed E-state index contributed by atoms with van der Waals surface area (Å²) in [6, 6.07) is 16.5. The molecular formula is C24H18F4N4O3. The number of benzene rings is 3. The zero-order valence-electron chi connectivity index (χ0n) is 18.1. The molecule has 180 valence electrons. The minimum Gasteiger partial charge on any atom is -0.404 e. The minimum absolute atomic E-state index is 0.110. The largest absolute Gasteiger partial charge is 0.573 e. The fourth-order valence-electron chi connectivity index (χ4n) is 3.55. The molecule has 0 saturated carbocycles. The lowest BCUT2D eigenvalue weighted by atomic mass is 10.00. The lowest BCUT2D eigenvalue weighted by molar-refractivity contribution is -0.274. The standard InChI is InChI=1S/C24H18F4N4O3/c1-32-18-12-6-3-9-15(18)20(14-8-2-4-10-16(14)25)30-21(22(32)33)31-23(34)29-17-11-5-7-13-19(17)35-24(26,27)28/h2-13,21H,1H3,(H2,29,31,34). The first-order valence-electron chi connectivity index (χ1n) is 10.3. The van der Waals surface area contributed by atoms with Crippen molar-refractivity contribution in [3.63, 3.8) is 0 Å². The van der Waals surface area contributed by atoms with Gasteiger partial charge in [-0.3, -0.25) is 4.79 Å². The van der Waals surface area contributed by atoms with E-state index in [9.17, 15) is 27.2 Å². The Morgan fingerprint density at radius 2 is 1.60 bits per heavy atom. The number of benzodiazepines with no additional fused rings is 1. The lowest BCUT2D eigenvalue weighted by Crippen LogP contribution is -2.47. The molecule has 0 bridgehead atoms. The van der Waals surface area contributed by atoms with Gasteiger partial charge in [0.05, 0.1) is 17.1 Å². The van der Waals surface area contributed by atoms with Crippen molar-refractivity contribution in [3.05, 3.63) is 89.7 Å². The summed E-state index contributed by atoms with van der Waals surface area (Å²) in [5.41, 5.74) is 0.857. The molecule has 3 amide bonds. The van der Waals surface area contributed by atoms with Crippen LogP contribution in [0.1, 0.15) is 11.1 Å². The normalized spacial score (nSPS) is 15.6. The molecule has 1 heterocycles. The van der Waals surface area contributed by atoms with Crippen LogP contribution in [0.15, 0.2) is 77.8 Å². The Morgan fingerprint density at radius 3 is 2.31 bits per heavy atom. The third-order valence-electron chi connectivity index (χ3n) is 5.10. The molecular weight excluding hydrogens is 468 g/mol. The number of nitrogens with zero attached hydrogens (tertiary/aromatic N) is 2. The second kappa shape index (κ2) is 9.45. The fraction of sp³-hybridized carbons (Fsp3) is 0.125. The van der Waals surface area contributed by atoms with Crippen LogP contribution in [-0.4, -0.2) is 37.2 Å². The van der Waals surface area contributed by atoms with Crippen molar-refractivity contribution in [2.45, 2.75) is 12.5 Å². The first-order valence-corrected chi connectivity index (χ1v) is 10.3. The third kappa shape index (κ3) is 5.24. The highest BCUT2D eigenvalue weighted by Crippen LogP contribution is 2.30. The summed E-state index contributed by atoms with van der Waals surface area (Å²) in [7, 11) is 1.47. The molecule has 1 aliphatic heterocycles. The van der Waals surface area contributed by atoms with Gasteiger partial charge < -0.3 is 20.3 Å². The Kier molecular flexibility index (Phi) is 6.41. The summed E-state index contributed by atoms with van der Waals surface area (Å²) < 4.78 is 56.7. The number of carbonyl (C=O) groups is 2. The van der Waals surface area contributed by atoms with E-state index in [0.717, 1.165) is 6.07 Å². The second-order valence-electron chi connectivity index (χ2n) is 7.42. The van der Waals surface area contributed by atoms with E-state index in [1.165, 1.54) is 48.3 Å². The van der Waals surface area contributed by atoms with Gasteiger partial charge in [0, 0.05) is 18.2 Å². The van der Waals surface area contributed by atoms with Crippen LogP contribution >= 0.6 is 0 Å². The number of amides is 3. The summed E-state index contributed by atoms with van der Waals surface area (Å²) >= 11 is 0. The molecule has 0 aliphatic carbocycles. The zero-order valence-corrected chi connectivity index (χ0v) is 18.1. The van der Waals surface area contributed by atoms with Crippen molar-refractivity contribution < 1.29 is 31.9 Å². The third-order valence-corrected chi connectivity index (χ3v) is 5.10. The van der Waals surface area contributed by atoms with E-state index in [1.807, 2.05) is 0 Å². The number of ether oxygens (including phenoxy) is 1. The number of hydrogen-bond donors (Lipinski definition) is 2. The maximum atomic E-state index is 14.7.